The maximum atomic E-state index is 10.4. The van der Waals surface area contributed by atoms with E-state index in [-0.39, 0.29) is 0 Å². The summed E-state index contributed by atoms with van der Waals surface area (Å²) in [5.74, 6) is 0. The summed E-state index contributed by atoms with van der Waals surface area (Å²) in [5, 5.41) is 27.4. The molecule has 0 saturated carbocycles. The molecule has 3 heterocycles. The van der Waals surface area contributed by atoms with Crippen molar-refractivity contribution in [3.05, 3.63) is 187 Å². The average Bonchev–Trinajstić information content (AvgIpc) is 3.89. The third-order valence-electron chi connectivity index (χ3n) is 11.1. The maximum Gasteiger partial charge on any atom is 0.101 e. The summed E-state index contributed by atoms with van der Waals surface area (Å²) < 4.78 is 6.80. The van der Waals surface area contributed by atoms with Crippen LogP contribution in [0.2, 0.25) is 0 Å². The van der Waals surface area contributed by atoms with Gasteiger partial charge < -0.3 is 13.7 Å². The van der Waals surface area contributed by atoms with Crippen molar-refractivity contribution in [2.75, 3.05) is 0 Å². The van der Waals surface area contributed by atoms with E-state index in [1.165, 1.54) is 32.6 Å². The highest BCUT2D eigenvalue weighted by molar-refractivity contribution is 6.13. The van der Waals surface area contributed by atoms with Crippen LogP contribution in [0.5, 0.6) is 0 Å². The van der Waals surface area contributed by atoms with Crippen molar-refractivity contribution in [1.29, 1.82) is 10.5 Å². The van der Waals surface area contributed by atoms with Crippen molar-refractivity contribution < 1.29 is 0 Å². The van der Waals surface area contributed by atoms with Crippen LogP contribution in [-0.2, 0) is 0 Å². The van der Waals surface area contributed by atoms with Crippen molar-refractivity contribution in [3.63, 3.8) is 0 Å². The molecule has 0 N–H and O–H groups in total. The van der Waals surface area contributed by atoms with Crippen LogP contribution in [0, 0.1) is 22.7 Å². The minimum absolute atomic E-state index is 0.539. The molecule has 8 aromatic carbocycles. The van der Waals surface area contributed by atoms with Crippen LogP contribution in [0.4, 0.5) is 0 Å². The minimum Gasteiger partial charge on any atom is -0.309 e. The molecule has 0 spiro atoms. The number of nitrogens with zero attached hydrogens (tertiary/aromatic N) is 5. The molecular weight excluding hydrogens is 671 g/mol. The predicted octanol–water partition coefficient (Wildman–Crippen LogP) is 12.4. The number of hydrogen-bond acceptors (Lipinski definition) is 2. The lowest BCUT2D eigenvalue weighted by molar-refractivity contribution is 1.16. The molecular formula is C50H29N5. The Bertz CT molecular complexity index is 3420. The van der Waals surface area contributed by atoms with Crippen LogP contribution in [0.15, 0.2) is 176 Å². The lowest BCUT2D eigenvalue weighted by Crippen LogP contribution is -2.00. The maximum absolute atomic E-state index is 10.4. The van der Waals surface area contributed by atoms with E-state index in [1.54, 1.807) is 0 Å². The lowest BCUT2D eigenvalue weighted by atomic mass is 10.0. The topological polar surface area (TPSA) is 62.4 Å². The van der Waals surface area contributed by atoms with Crippen molar-refractivity contribution in [1.82, 2.24) is 13.7 Å². The number of para-hydroxylation sites is 5. The van der Waals surface area contributed by atoms with Gasteiger partial charge in [0.2, 0.25) is 0 Å². The van der Waals surface area contributed by atoms with E-state index < -0.39 is 0 Å². The highest BCUT2D eigenvalue weighted by Gasteiger charge is 2.20. The molecule has 11 rings (SSSR count). The van der Waals surface area contributed by atoms with Crippen molar-refractivity contribution >= 4 is 65.4 Å². The Balaban J connectivity index is 1.10. The Labute approximate surface area is 316 Å². The predicted molar refractivity (Wildman–Crippen MR) is 224 cm³/mol. The molecule has 0 aliphatic rings. The summed E-state index contributed by atoms with van der Waals surface area (Å²) in [7, 11) is 0. The van der Waals surface area contributed by atoms with E-state index in [0.29, 0.717) is 11.1 Å². The second-order valence-corrected chi connectivity index (χ2v) is 14.0. The van der Waals surface area contributed by atoms with E-state index in [1.807, 2.05) is 42.5 Å². The first-order valence-electron chi connectivity index (χ1n) is 18.3. The molecule has 11 aromatic rings. The molecule has 5 heteroatoms. The summed E-state index contributed by atoms with van der Waals surface area (Å²) in [4.78, 5) is 0. The van der Waals surface area contributed by atoms with Crippen LogP contribution in [-0.4, -0.2) is 13.7 Å². The normalized spacial score (nSPS) is 11.6. The Hall–Kier alpha value is -7.86. The zero-order chi connectivity index (χ0) is 36.6. The fourth-order valence-corrected chi connectivity index (χ4v) is 8.75. The zero-order valence-electron chi connectivity index (χ0n) is 29.5. The molecule has 0 aliphatic carbocycles. The van der Waals surface area contributed by atoms with E-state index in [0.717, 1.165) is 61.0 Å². The van der Waals surface area contributed by atoms with Gasteiger partial charge in [-0.15, -0.1) is 0 Å². The first-order valence-corrected chi connectivity index (χ1v) is 18.3. The minimum atomic E-state index is 0.539. The fraction of sp³-hybridized carbons (Fsp3) is 0. The standard InChI is InChI=1S/C50H29N5/c51-30-34-24-23-33(28-49(34)55-47-22-8-3-16-40(47)42-18-10-12-35(31-52)50(42)55)32-11-9-13-36(27-32)53-46-21-7-4-17-41(46)43-29-37(25-26-48(43)53)54-44-19-5-1-14-38(44)39-15-2-6-20-45(39)54/h1-29H. The molecule has 0 radical (unpaired) electrons. The van der Waals surface area contributed by atoms with Crippen LogP contribution < -0.4 is 0 Å². The highest BCUT2D eigenvalue weighted by Crippen LogP contribution is 2.39. The number of hydrogen-bond donors (Lipinski definition) is 0. The third kappa shape index (κ3) is 4.45. The number of nitriles is 2. The molecule has 0 unspecified atom stereocenters. The van der Waals surface area contributed by atoms with E-state index in [9.17, 15) is 10.5 Å². The zero-order valence-corrected chi connectivity index (χ0v) is 29.5. The number of rotatable bonds is 4. The Morgan fingerprint density at radius 3 is 1.45 bits per heavy atom. The van der Waals surface area contributed by atoms with Gasteiger partial charge in [0.15, 0.2) is 0 Å². The summed E-state index contributed by atoms with van der Waals surface area (Å²) in [6.07, 6.45) is 0. The van der Waals surface area contributed by atoms with Crippen molar-refractivity contribution in [2.45, 2.75) is 0 Å². The van der Waals surface area contributed by atoms with Gasteiger partial charge in [-0.1, -0.05) is 103 Å². The summed E-state index contributed by atoms with van der Waals surface area (Å²) in [6, 6.07) is 66.0. The van der Waals surface area contributed by atoms with Gasteiger partial charge in [-0.2, -0.15) is 10.5 Å². The molecule has 0 atom stereocenters. The van der Waals surface area contributed by atoms with Gasteiger partial charge in [-0.25, -0.2) is 0 Å². The molecule has 0 amide bonds. The van der Waals surface area contributed by atoms with E-state index >= 15 is 0 Å². The number of aromatic nitrogens is 3. The van der Waals surface area contributed by atoms with E-state index in [4.69, 9.17) is 0 Å². The van der Waals surface area contributed by atoms with E-state index in [2.05, 4.69) is 159 Å². The Morgan fingerprint density at radius 2 is 0.818 bits per heavy atom. The monoisotopic (exact) mass is 699 g/mol. The highest BCUT2D eigenvalue weighted by atomic mass is 15.0. The van der Waals surface area contributed by atoms with Crippen LogP contribution in [0.3, 0.4) is 0 Å². The average molecular weight is 700 g/mol. The number of fused-ring (bicyclic) bond motifs is 9. The molecule has 0 bridgehead atoms. The summed E-state index contributed by atoms with van der Waals surface area (Å²) in [6.45, 7) is 0. The fourth-order valence-electron chi connectivity index (χ4n) is 8.75. The van der Waals surface area contributed by atoms with Crippen LogP contribution in [0.25, 0.3) is 93.6 Å². The van der Waals surface area contributed by atoms with Gasteiger partial charge >= 0.3 is 0 Å². The molecule has 254 valence electrons. The molecule has 3 aromatic heterocycles. The summed E-state index contributed by atoms with van der Waals surface area (Å²) in [5.41, 5.74) is 12.4. The Morgan fingerprint density at radius 1 is 0.327 bits per heavy atom. The van der Waals surface area contributed by atoms with Gasteiger partial charge in [0.05, 0.1) is 49.9 Å². The van der Waals surface area contributed by atoms with Gasteiger partial charge in [0, 0.05) is 43.7 Å². The largest absolute Gasteiger partial charge is 0.309 e. The van der Waals surface area contributed by atoms with Crippen LogP contribution in [0.1, 0.15) is 11.1 Å². The Kier molecular flexibility index (Phi) is 6.61. The SMILES string of the molecule is N#Cc1ccc(-c2cccc(-n3c4ccccc4c4cc(-n5c6ccccc6c6ccccc65)ccc43)c2)cc1-n1c2ccccc2c2cccc(C#N)c21. The quantitative estimate of drug-likeness (QED) is 0.184. The molecule has 0 saturated heterocycles. The van der Waals surface area contributed by atoms with Gasteiger partial charge in [0.1, 0.15) is 12.1 Å². The van der Waals surface area contributed by atoms with Crippen molar-refractivity contribution in [2.24, 2.45) is 0 Å². The molecule has 5 nitrogen and oxygen atoms in total. The molecule has 55 heavy (non-hydrogen) atoms. The molecule has 0 fully saturated rings. The number of benzene rings is 8. The first kappa shape index (κ1) is 30.7. The summed E-state index contributed by atoms with van der Waals surface area (Å²) >= 11 is 0. The van der Waals surface area contributed by atoms with Gasteiger partial charge in [-0.05, 0) is 83.9 Å². The third-order valence-corrected chi connectivity index (χ3v) is 11.1. The van der Waals surface area contributed by atoms with Crippen molar-refractivity contribution in [3.8, 4) is 40.3 Å². The van der Waals surface area contributed by atoms with Gasteiger partial charge in [-0.3, -0.25) is 0 Å². The lowest BCUT2D eigenvalue weighted by Gasteiger charge is -2.14. The van der Waals surface area contributed by atoms with Crippen LogP contribution >= 0.6 is 0 Å². The smallest absolute Gasteiger partial charge is 0.101 e. The second-order valence-electron chi connectivity index (χ2n) is 14.0. The molecule has 0 aliphatic heterocycles. The first-order chi connectivity index (χ1) is 27.2. The second kappa shape index (κ2) is 11.8. The van der Waals surface area contributed by atoms with Gasteiger partial charge in [0.25, 0.3) is 0 Å².